The van der Waals surface area contributed by atoms with Crippen molar-refractivity contribution in [3.05, 3.63) is 28.8 Å². The molecule has 2 heterocycles. The van der Waals surface area contributed by atoms with Crippen LogP contribution in [0.4, 0.5) is 5.69 Å². The number of aromatic nitrogens is 2. The number of anilines is 1. The van der Waals surface area contributed by atoms with Gasteiger partial charge in [0, 0.05) is 25.7 Å². The molecule has 1 atom stereocenters. The number of primary sulfonamides is 1. The van der Waals surface area contributed by atoms with Crippen molar-refractivity contribution in [3.8, 4) is 0 Å². The van der Waals surface area contributed by atoms with Gasteiger partial charge in [-0.25, -0.2) is 18.5 Å². The molecule has 9 heteroatoms. The zero-order valence-electron chi connectivity index (χ0n) is 12.0. The predicted molar refractivity (Wildman–Crippen MR) is 83.4 cm³/mol. The van der Waals surface area contributed by atoms with Crippen molar-refractivity contribution < 1.29 is 8.42 Å². The first-order chi connectivity index (χ1) is 10.4. The van der Waals surface area contributed by atoms with Crippen LogP contribution in [0.15, 0.2) is 28.2 Å². The minimum atomic E-state index is -3.91. The van der Waals surface area contributed by atoms with Crippen molar-refractivity contribution in [2.24, 2.45) is 5.14 Å². The second-order valence-corrected chi connectivity index (χ2v) is 6.98. The van der Waals surface area contributed by atoms with Crippen LogP contribution in [-0.4, -0.2) is 44.1 Å². The largest absolute Gasteiger partial charge is 0.367 e. The Balaban J connectivity index is 2.27. The number of sulfonamides is 1. The molecule has 1 aromatic carbocycles. The van der Waals surface area contributed by atoms with Crippen molar-refractivity contribution in [2.45, 2.75) is 17.9 Å². The van der Waals surface area contributed by atoms with Gasteiger partial charge in [0.15, 0.2) is 0 Å². The molecule has 0 bridgehead atoms. The van der Waals surface area contributed by atoms with E-state index in [1.54, 1.807) is 0 Å². The molecule has 0 unspecified atom stereocenters. The summed E-state index contributed by atoms with van der Waals surface area (Å²) in [5, 5.41) is 8.76. The minimum Gasteiger partial charge on any atom is -0.367 e. The Morgan fingerprint density at radius 1 is 1.41 bits per heavy atom. The van der Waals surface area contributed by atoms with Gasteiger partial charge in [-0.15, -0.1) is 0 Å². The topological polar surface area (TPSA) is 121 Å². The van der Waals surface area contributed by atoms with E-state index in [9.17, 15) is 13.2 Å². The third-order valence-electron chi connectivity index (χ3n) is 3.74. The molecule has 1 aliphatic rings. The maximum Gasteiger partial charge on any atom is 0.258 e. The van der Waals surface area contributed by atoms with Gasteiger partial charge in [0.1, 0.15) is 5.52 Å². The molecule has 118 valence electrons. The molecule has 0 spiro atoms. The van der Waals surface area contributed by atoms with Crippen LogP contribution in [0.2, 0.25) is 0 Å². The SMILES string of the molecule is C[C@@H]1CN(c2cc(S(N)(=O)=O)cc3c(=O)[nH]cnc23)CCN1. The molecule has 1 aliphatic heterocycles. The summed E-state index contributed by atoms with van der Waals surface area (Å²) in [4.78, 5) is 20.6. The lowest BCUT2D eigenvalue weighted by Gasteiger charge is -2.34. The van der Waals surface area contributed by atoms with Crippen molar-refractivity contribution in [2.75, 3.05) is 24.5 Å². The Bertz CT molecular complexity index is 877. The summed E-state index contributed by atoms with van der Waals surface area (Å²) in [5.74, 6) is 0. The van der Waals surface area contributed by atoms with Crippen molar-refractivity contribution in [1.82, 2.24) is 15.3 Å². The van der Waals surface area contributed by atoms with Crippen LogP contribution >= 0.6 is 0 Å². The minimum absolute atomic E-state index is 0.0836. The predicted octanol–water partition coefficient (Wildman–Crippen LogP) is -0.631. The molecule has 3 rings (SSSR count). The number of hydrogen-bond donors (Lipinski definition) is 3. The number of piperazine rings is 1. The molecule has 4 N–H and O–H groups in total. The molecular formula is C13H17N5O3S. The van der Waals surface area contributed by atoms with E-state index < -0.39 is 10.0 Å². The third kappa shape index (κ3) is 2.70. The maximum atomic E-state index is 12.0. The van der Waals surface area contributed by atoms with Gasteiger partial charge in [-0.05, 0) is 19.1 Å². The Hall–Kier alpha value is -1.97. The van der Waals surface area contributed by atoms with Gasteiger partial charge in [0.2, 0.25) is 10.0 Å². The van der Waals surface area contributed by atoms with E-state index in [1.807, 2.05) is 11.8 Å². The second-order valence-electron chi connectivity index (χ2n) is 5.42. The number of aromatic amines is 1. The van der Waals surface area contributed by atoms with Crippen LogP contribution in [0, 0.1) is 0 Å². The van der Waals surface area contributed by atoms with Crippen LogP contribution in [0.3, 0.4) is 0 Å². The van der Waals surface area contributed by atoms with Crippen molar-refractivity contribution in [1.29, 1.82) is 0 Å². The maximum absolute atomic E-state index is 12.0. The number of nitrogens with zero attached hydrogens (tertiary/aromatic N) is 2. The number of fused-ring (bicyclic) bond motifs is 1. The first kappa shape index (κ1) is 14.9. The van der Waals surface area contributed by atoms with Gasteiger partial charge in [0.05, 0.1) is 22.3 Å². The molecular weight excluding hydrogens is 306 g/mol. The quantitative estimate of drug-likeness (QED) is 0.676. The van der Waals surface area contributed by atoms with Crippen molar-refractivity contribution in [3.63, 3.8) is 0 Å². The zero-order valence-corrected chi connectivity index (χ0v) is 12.9. The molecule has 1 fully saturated rings. The lowest BCUT2D eigenvalue weighted by molar-refractivity contribution is 0.485. The van der Waals surface area contributed by atoms with Gasteiger partial charge in [-0.2, -0.15) is 0 Å². The fraction of sp³-hybridized carbons (Fsp3) is 0.385. The van der Waals surface area contributed by atoms with E-state index in [1.165, 1.54) is 18.5 Å². The monoisotopic (exact) mass is 323 g/mol. The number of hydrogen-bond acceptors (Lipinski definition) is 6. The zero-order chi connectivity index (χ0) is 15.9. The van der Waals surface area contributed by atoms with Crippen LogP contribution in [0.1, 0.15) is 6.92 Å². The van der Waals surface area contributed by atoms with Gasteiger partial charge in [0.25, 0.3) is 5.56 Å². The molecule has 0 amide bonds. The average molecular weight is 323 g/mol. The molecule has 0 aliphatic carbocycles. The van der Waals surface area contributed by atoms with Crippen LogP contribution in [-0.2, 0) is 10.0 Å². The summed E-state index contributed by atoms with van der Waals surface area (Å²) in [7, 11) is -3.91. The van der Waals surface area contributed by atoms with E-state index in [2.05, 4.69) is 15.3 Å². The average Bonchev–Trinajstić information content (AvgIpc) is 2.46. The highest BCUT2D eigenvalue weighted by atomic mass is 32.2. The molecule has 1 aromatic heterocycles. The Labute approximate surface area is 127 Å². The first-order valence-corrected chi connectivity index (χ1v) is 8.43. The van der Waals surface area contributed by atoms with E-state index >= 15 is 0 Å². The van der Waals surface area contributed by atoms with E-state index in [0.717, 1.165) is 6.54 Å². The molecule has 8 nitrogen and oxygen atoms in total. The number of nitrogens with one attached hydrogen (secondary N) is 2. The van der Waals surface area contributed by atoms with Gasteiger partial charge >= 0.3 is 0 Å². The molecule has 0 saturated carbocycles. The molecule has 0 radical (unpaired) electrons. The standard InChI is InChI=1S/C13H17N5O3S/c1-8-6-18(3-2-15-8)11-5-9(22(14,20)21)4-10-12(11)16-7-17-13(10)19/h4-5,7-8,15H,2-3,6H2,1H3,(H2,14,20,21)(H,16,17,19)/t8-/m1/s1. The molecule has 2 aromatic rings. The first-order valence-electron chi connectivity index (χ1n) is 6.89. The van der Waals surface area contributed by atoms with Crippen molar-refractivity contribution >= 4 is 26.6 Å². The number of H-pyrrole nitrogens is 1. The fourth-order valence-corrected chi connectivity index (χ4v) is 3.25. The van der Waals surface area contributed by atoms with E-state index in [-0.39, 0.29) is 21.9 Å². The highest BCUT2D eigenvalue weighted by Gasteiger charge is 2.22. The normalized spacial score (nSPS) is 19.5. The van der Waals surface area contributed by atoms with E-state index in [4.69, 9.17) is 5.14 Å². The highest BCUT2D eigenvalue weighted by Crippen LogP contribution is 2.27. The van der Waals surface area contributed by atoms with Crippen LogP contribution in [0.25, 0.3) is 10.9 Å². The molecule has 22 heavy (non-hydrogen) atoms. The third-order valence-corrected chi connectivity index (χ3v) is 4.63. The summed E-state index contributed by atoms with van der Waals surface area (Å²) in [6, 6.07) is 3.01. The lowest BCUT2D eigenvalue weighted by Crippen LogP contribution is -2.49. The lowest BCUT2D eigenvalue weighted by atomic mass is 10.1. The van der Waals surface area contributed by atoms with Gasteiger partial charge < -0.3 is 15.2 Å². The molecule has 1 saturated heterocycles. The fourth-order valence-electron chi connectivity index (χ4n) is 2.69. The number of rotatable bonds is 2. The summed E-state index contributed by atoms with van der Waals surface area (Å²) < 4.78 is 23.4. The van der Waals surface area contributed by atoms with Crippen LogP contribution in [0.5, 0.6) is 0 Å². The number of benzene rings is 1. The van der Waals surface area contributed by atoms with E-state index in [0.29, 0.717) is 24.3 Å². The Morgan fingerprint density at radius 2 is 2.18 bits per heavy atom. The summed E-state index contributed by atoms with van der Waals surface area (Å²) in [5.41, 5.74) is 0.700. The Morgan fingerprint density at radius 3 is 2.86 bits per heavy atom. The Kier molecular flexibility index (Phi) is 3.63. The highest BCUT2D eigenvalue weighted by molar-refractivity contribution is 7.89. The van der Waals surface area contributed by atoms with Crippen LogP contribution < -0.4 is 20.9 Å². The second kappa shape index (κ2) is 5.34. The smallest absolute Gasteiger partial charge is 0.258 e. The summed E-state index contributed by atoms with van der Waals surface area (Å²) >= 11 is 0. The summed E-state index contributed by atoms with van der Waals surface area (Å²) in [6.07, 6.45) is 1.32. The number of nitrogens with two attached hydrogens (primary N) is 1. The summed E-state index contributed by atoms with van der Waals surface area (Å²) in [6.45, 7) is 4.20. The van der Waals surface area contributed by atoms with Gasteiger partial charge in [-0.3, -0.25) is 4.79 Å². The van der Waals surface area contributed by atoms with Gasteiger partial charge in [-0.1, -0.05) is 0 Å².